The van der Waals surface area contributed by atoms with Crippen molar-refractivity contribution in [3.63, 3.8) is 0 Å². The normalized spacial score (nSPS) is 13.8. The number of hydrogen-bond acceptors (Lipinski definition) is 6. The van der Waals surface area contributed by atoms with Gasteiger partial charge in [-0.05, 0) is 55.2 Å². The summed E-state index contributed by atoms with van der Waals surface area (Å²) in [5, 5.41) is 7.16. The molecule has 3 aromatic rings. The number of anilines is 2. The second-order valence-electron chi connectivity index (χ2n) is 8.17. The van der Waals surface area contributed by atoms with Crippen molar-refractivity contribution in [3.8, 4) is 16.9 Å². The number of amides is 1. The van der Waals surface area contributed by atoms with E-state index in [4.69, 9.17) is 4.74 Å². The standard InChI is InChI=1S/C24H26N4O5S/c1-5-17-23(24-25-21(29)10-11-22(30)28(24)26-17)16-8-9-19(33-4)20(13-16)34(31,32)27-18-12-14(2)6-7-15(18)3/h6-9,12-13,27H,5,10-11H2,1-4H3,(H,25,29). The van der Waals surface area contributed by atoms with E-state index in [0.717, 1.165) is 11.1 Å². The number of rotatable bonds is 6. The van der Waals surface area contributed by atoms with Crippen LogP contribution in [0, 0.1) is 13.8 Å². The minimum atomic E-state index is -4.03. The summed E-state index contributed by atoms with van der Waals surface area (Å²) in [6.07, 6.45) is 0.587. The molecular weight excluding hydrogens is 456 g/mol. The summed E-state index contributed by atoms with van der Waals surface area (Å²) in [7, 11) is -2.64. The number of methoxy groups -OCH3 is 1. The molecule has 0 aliphatic carbocycles. The molecule has 0 saturated carbocycles. The maximum Gasteiger partial charge on any atom is 0.265 e. The predicted molar refractivity (Wildman–Crippen MR) is 129 cm³/mol. The quantitative estimate of drug-likeness (QED) is 0.550. The van der Waals surface area contributed by atoms with E-state index in [1.165, 1.54) is 17.9 Å². The highest BCUT2D eigenvalue weighted by molar-refractivity contribution is 7.92. The topological polar surface area (TPSA) is 119 Å². The molecular formula is C24H26N4O5S. The first-order valence-corrected chi connectivity index (χ1v) is 12.4. The van der Waals surface area contributed by atoms with E-state index in [1.807, 2.05) is 32.9 Å². The van der Waals surface area contributed by atoms with Gasteiger partial charge in [0.15, 0.2) is 0 Å². The molecule has 0 fully saturated rings. The first-order chi connectivity index (χ1) is 16.1. The van der Waals surface area contributed by atoms with Crippen LogP contribution in [0.2, 0.25) is 0 Å². The lowest BCUT2D eigenvalue weighted by Gasteiger charge is -2.15. The number of carbonyl (C=O) groups excluding carboxylic acids is 2. The number of sulfonamides is 1. The molecule has 0 unspecified atom stereocenters. The Labute approximate surface area is 198 Å². The van der Waals surface area contributed by atoms with Crippen LogP contribution >= 0.6 is 0 Å². The van der Waals surface area contributed by atoms with Gasteiger partial charge in [0.1, 0.15) is 16.5 Å². The Hall–Kier alpha value is -3.66. The van der Waals surface area contributed by atoms with Crippen molar-refractivity contribution in [1.82, 2.24) is 9.78 Å². The molecule has 2 aromatic carbocycles. The third-order valence-corrected chi connectivity index (χ3v) is 7.12. The predicted octanol–water partition coefficient (Wildman–Crippen LogP) is 3.91. The van der Waals surface area contributed by atoms with Gasteiger partial charge in [-0.3, -0.25) is 14.3 Å². The van der Waals surface area contributed by atoms with Gasteiger partial charge in [-0.15, -0.1) is 0 Å². The average Bonchev–Trinajstić information content (AvgIpc) is 3.10. The Morgan fingerprint density at radius 2 is 1.88 bits per heavy atom. The lowest BCUT2D eigenvalue weighted by atomic mass is 10.0. The lowest BCUT2D eigenvalue weighted by molar-refractivity contribution is -0.116. The molecule has 1 aromatic heterocycles. The van der Waals surface area contributed by atoms with E-state index in [9.17, 15) is 18.0 Å². The number of nitrogens with zero attached hydrogens (tertiary/aromatic N) is 2. The molecule has 10 heteroatoms. The summed E-state index contributed by atoms with van der Waals surface area (Å²) in [6.45, 7) is 5.58. The van der Waals surface area contributed by atoms with Crippen molar-refractivity contribution < 1.29 is 22.7 Å². The van der Waals surface area contributed by atoms with Crippen LogP contribution in [0.15, 0.2) is 41.3 Å². The highest BCUT2D eigenvalue weighted by atomic mass is 32.2. The van der Waals surface area contributed by atoms with Gasteiger partial charge < -0.3 is 10.1 Å². The molecule has 1 amide bonds. The molecule has 0 spiro atoms. The Bertz CT molecular complexity index is 1410. The maximum absolute atomic E-state index is 13.4. The fraction of sp³-hybridized carbons (Fsp3) is 0.292. The van der Waals surface area contributed by atoms with Gasteiger partial charge in [-0.2, -0.15) is 9.78 Å². The van der Waals surface area contributed by atoms with Gasteiger partial charge in [0.05, 0.1) is 18.5 Å². The number of carbonyl (C=O) groups is 2. The monoisotopic (exact) mass is 482 g/mol. The first kappa shape index (κ1) is 23.5. The van der Waals surface area contributed by atoms with Crippen LogP contribution in [-0.4, -0.2) is 37.1 Å². The fourth-order valence-electron chi connectivity index (χ4n) is 3.92. The van der Waals surface area contributed by atoms with Crippen molar-refractivity contribution in [2.45, 2.75) is 44.9 Å². The summed E-state index contributed by atoms with van der Waals surface area (Å²) in [4.78, 5) is 24.7. The molecule has 0 atom stereocenters. The Morgan fingerprint density at radius 1 is 1.12 bits per heavy atom. The minimum absolute atomic E-state index is 0.0467. The number of fused-ring (bicyclic) bond motifs is 1. The summed E-state index contributed by atoms with van der Waals surface area (Å²) in [5.74, 6) is -0.181. The number of benzene rings is 2. The number of aromatic nitrogens is 2. The van der Waals surface area contributed by atoms with E-state index in [0.29, 0.717) is 28.9 Å². The van der Waals surface area contributed by atoms with Gasteiger partial charge in [0.2, 0.25) is 11.8 Å². The smallest absolute Gasteiger partial charge is 0.265 e. The fourth-order valence-corrected chi connectivity index (χ4v) is 5.24. The third-order valence-electron chi connectivity index (χ3n) is 5.73. The molecule has 178 valence electrons. The molecule has 2 heterocycles. The Balaban J connectivity index is 1.87. The van der Waals surface area contributed by atoms with Crippen LogP contribution in [0.3, 0.4) is 0 Å². The lowest BCUT2D eigenvalue weighted by Crippen LogP contribution is -2.15. The summed E-state index contributed by atoms with van der Waals surface area (Å²) in [6, 6.07) is 10.2. The zero-order valence-electron chi connectivity index (χ0n) is 19.4. The zero-order chi connectivity index (χ0) is 24.6. The largest absolute Gasteiger partial charge is 0.495 e. The van der Waals surface area contributed by atoms with Gasteiger partial charge in [0.25, 0.3) is 10.0 Å². The third kappa shape index (κ3) is 4.28. The van der Waals surface area contributed by atoms with Gasteiger partial charge in [-0.25, -0.2) is 8.42 Å². The molecule has 34 heavy (non-hydrogen) atoms. The van der Waals surface area contributed by atoms with Crippen molar-refractivity contribution >= 4 is 33.3 Å². The molecule has 0 radical (unpaired) electrons. The van der Waals surface area contributed by atoms with E-state index in [1.54, 1.807) is 18.2 Å². The van der Waals surface area contributed by atoms with Crippen LogP contribution in [0.4, 0.5) is 11.5 Å². The molecule has 4 rings (SSSR count). The molecule has 1 aliphatic heterocycles. The van der Waals surface area contributed by atoms with Crippen LogP contribution in [0.5, 0.6) is 5.75 Å². The summed E-state index contributed by atoms with van der Waals surface area (Å²) < 4.78 is 36.1. The van der Waals surface area contributed by atoms with Crippen LogP contribution in [-0.2, 0) is 21.2 Å². The van der Waals surface area contributed by atoms with Crippen LogP contribution < -0.4 is 14.8 Å². The molecule has 0 saturated heterocycles. The second-order valence-corrected chi connectivity index (χ2v) is 9.82. The molecule has 1 aliphatic rings. The van der Waals surface area contributed by atoms with Crippen LogP contribution in [0.1, 0.15) is 41.4 Å². The number of nitrogens with one attached hydrogen (secondary N) is 2. The SMILES string of the molecule is CCc1nn2c(c1-c1ccc(OC)c(S(=O)(=O)Nc3cc(C)ccc3C)c1)NC(=O)CCC2=O. The first-order valence-electron chi connectivity index (χ1n) is 10.9. The van der Waals surface area contributed by atoms with E-state index in [-0.39, 0.29) is 41.1 Å². The number of aryl methyl sites for hydroxylation is 3. The zero-order valence-corrected chi connectivity index (χ0v) is 20.2. The second kappa shape index (κ2) is 8.94. The van der Waals surface area contributed by atoms with Gasteiger partial charge >= 0.3 is 0 Å². The van der Waals surface area contributed by atoms with Crippen LogP contribution in [0.25, 0.3) is 11.1 Å². The Morgan fingerprint density at radius 3 is 2.59 bits per heavy atom. The van der Waals surface area contributed by atoms with Crippen molar-refractivity contribution in [1.29, 1.82) is 0 Å². The number of ether oxygens (including phenoxy) is 1. The summed E-state index contributed by atoms with van der Waals surface area (Å²) in [5.41, 5.74) is 3.74. The van der Waals surface area contributed by atoms with Crippen molar-refractivity contribution in [2.24, 2.45) is 0 Å². The molecule has 2 N–H and O–H groups in total. The van der Waals surface area contributed by atoms with Crippen molar-refractivity contribution in [2.75, 3.05) is 17.1 Å². The highest BCUT2D eigenvalue weighted by Crippen LogP contribution is 2.38. The van der Waals surface area contributed by atoms with E-state index < -0.39 is 10.0 Å². The maximum atomic E-state index is 13.4. The van der Waals surface area contributed by atoms with E-state index >= 15 is 0 Å². The van der Waals surface area contributed by atoms with Gasteiger partial charge in [-0.1, -0.05) is 25.1 Å². The Kier molecular flexibility index (Phi) is 6.18. The minimum Gasteiger partial charge on any atom is -0.495 e. The van der Waals surface area contributed by atoms with Gasteiger partial charge in [0, 0.05) is 18.4 Å². The van der Waals surface area contributed by atoms with Crippen molar-refractivity contribution in [3.05, 3.63) is 53.2 Å². The molecule has 0 bridgehead atoms. The number of hydrogen-bond donors (Lipinski definition) is 2. The average molecular weight is 483 g/mol. The highest BCUT2D eigenvalue weighted by Gasteiger charge is 2.29. The molecule has 9 nitrogen and oxygen atoms in total. The van der Waals surface area contributed by atoms with E-state index in [2.05, 4.69) is 15.1 Å². The summed E-state index contributed by atoms with van der Waals surface area (Å²) >= 11 is 0.